The Hall–Kier alpha value is -0.650. The van der Waals surface area contributed by atoms with Gasteiger partial charge in [0.05, 0.1) is 0 Å². The van der Waals surface area contributed by atoms with Crippen molar-refractivity contribution in [2.75, 3.05) is 0 Å². The number of hydrogen-bond acceptors (Lipinski definition) is 5. The van der Waals surface area contributed by atoms with Gasteiger partial charge in [-0.3, -0.25) is 0 Å². The van der Waals surface area contributed by atoms with E-state index in [1.807, 2.05) is 0 Å². The van der Waals surface area contributed by atoms with Crippen LogP contribution in [-0.2, 0) is 0 Å². The fraction of sp³-hybridized carbons (Fsp3) is 0. The van der Waals surface area contributed by atoms with Gasteiger partial charge in [-0.15, -0.1) is 0 Å². The molecule has 23 heavy (non-hydrogen) atoms. The van der Waals surface area contributed by atoms with Crippen LogP contribution in [0.15, 0.2) is 0 Å². The van der Waals surface area contributed by atoms with Crippen LogP contribution in [-0.4, -0.2) is 81.8 Å². The summed E-state index contributed by atoms with van der Waals surface area (Å²) in [6.07, 6.45) is -9.17. The minimum atomic E-state index is -1.83. The number of carboxylic acid groups (broad SMARTS) is 10. The van der Waals surface area contributed by atoms with Crippen molar-refractivity contribution < 1.29 is 168 Å². The van der Waals surface area contributed by atoms with E-state index < -0.39 is 30.8 Å². The molecule has 10 N–H and O–H groups in total. The van der Waals surface area contributed by atoms with Crippen LogP contribution in [0.3, 0.4) is 0 Å². The summed E-state index contributed by atoms with van der Waals surface area (Å²) >= 11 is 0. The van der Waals surface area contributed by atoms with E-state index in [2.05, 4.69) is 0 Å². The monoisotopic (exact) mass is 382 g/mol. The average Bonchev–Trinajstić information content (AvgIpc) is 1.94. The largest absolute Gasteiger partial charge is 1.00 e. The van der Waals surface area contributed by atoms with Crippen molar-refractivity contribution in [3.63, 3.8) is 0 Å². The summed E-state index contributed by atoms with van der Waals surface area (Å²) in [6, 6.07) is 0. The Kier molecular flexibility index (Phi) is 92.4. The maximum atomic E-state index is 8.56. The maximum Gasteiger partial charge on any atom is 1.00 e. The van der Waals surface area contributed by atoms with Crippen LogP contribution in [0.4, 0.5) is 24.0 Å². The fourth-order valence-electron chi connectivity index (χ4n) is 0. The average molecular weight is 382 g/mol. The van der Waals surface area contributed by atoms with Gasteiger partial charge in [0.25, 0.3) is 0 Å². The minimum Gasteiger partial charge on any atom is -1.00 e. The zero-order chi connectivity index (χ0) is 17.9. The first-order valence-corrected chi connectivity index (χ1v) is 3.26. The standard InChI is InChI=1S/5CH2O3.3Na.3H/c5*2-1(3)4;;;;;;/h5*(H2,2,3,4);;;;;;/q;;;;;3*+1;3*-1. The molecule has 0 amide bonds. The normalized spacial score (nSPS) is 5.22. The molecule has 126 valence electrons. The Morgan fingerprint density at radius 3 is 0.348 bits per heavy atom. The molecule has 0 aliphatic heterocycles. The maximum absolute atomic E-state index is 8.56. The molecular formula is C5H13Na3O15. The van der Waals surface area contributed by atoms with Crippen LogP contribution in [0.5, 0.6) is 0 Å². The zero-order valence-electron chi connectivity index (χ0n) is 15.0. The molecule has 0 rings (SSSR count). The van der Waals surface area contributed by atoms with Gasteiger partial charge < -0.3 is 55.3 Å². The Morgan fingerprint density at radius 1 is 0.348 bits per heavy atom. The molecule has 18 heteroatoms. The van der Waals surface area contributed by atoms with Gasteiger partial charge in [0, 0.05) is 0 Å². The summed E-state index contributed by atoms with van der Waals surface area (Å²) in [5.41, 5.74) is 0. The van der Waals surface area contributed by atoms with E-state index in [1.165, 1.54) is 0 Å². The van der Waals surface area contributed by atoms with Crippen LogP contribution in [0.1, 0.15) is 4.28 Å². The minimum absolute atomic E-state index is 0. The second-order valence-corrected chi connectivity index (χ2v) is 1.41. The van der Waals surface area contributed by atoms with E-state index in [0.29, 0.717) is 0 Å². The molecule has 0 spiro atoms. The van der Waals surface area contributed by atoms with Crippen molar-refractivity contribution in [2.45, 2.75) is 0 Å². The molecule has 0 saturated carbocycles. The molecule has 15 nitrogen and oxygen atoms in total. The fourth-order valence-corrected chi connectivity index (χ4v) is 0. The SMILES string of the molecule is O=C(O)O.O=C(O)O.O=C(O)O.O=C(O)O.O=C(O)O.[H-].[H-].[H-].[Na+].[Na+].[Na+]. The molecule has 0 bridgehead atoms. The predicted molar refractivity (Wildman–Crippen MR) is 56.6 cm³/mol. The summed E-state index contributed by atoms with van der Waals surface area (Å²) in [5, 5.41) is 69.7. The third kappa shape index (κ3) is 18900. The molecule has 0 aromatic rings. The van der Waals surface area contributed by atoms with E-state index in [0.717, 1.165) is 0 Å². The van der Waals surface area contributed by atoms with Crippen molar-refractivity contribution in [1.82, 2.24) is 0 Å². The molecule has 0 aromatic heterocycles. The van der Waals surface area contributed by atoms with Gasteiger partial charge in [0.1, 0.15) is 0 Å². The van der Waals surface area contributed by atoms with E-state index in [1.54, 1.807) is 0 Å². The summed E-state index contributed by atoms with van der Waals surface area (Å²) in [6.45, 7) is 0. The Balaban J connectivity index is -0.0000000114. The molecule has 0 fully saturated rings. The van der Waals surface area contributed by atoms with Crippen LogP contribution >= 0.6 is 0 Å². The zero-order valence-corrected chi connectivity index (χ0v) is 18.0. The summed E-state index contributed by atoms with van der Waals surface area (Å²) < 4.78 is 0. The number of rotatable bonds is 0. The molecule has 0 heterocycles. The van der Waals surface area contributed by atoms with Crippen molar-refractivity contribution in [3.05, 3.63) is 0 Å². The molecule has 0 aromatic carbocycles. The first kappa shape index (κ1) is 49.5. The van der Waals surface area contributed by atoms with Gasteiger partial charge in [0.2, 0.25) is 0 Å². The van der Waals surface area contributed by atoms with Crippen molar-refractivity contribution in [2.24, 2.45) is 0 Å². The third-order valence-corrected chi connectivity index (χ3v) is 0. The second kappa shape index (κ2) is 42.9. The van der Waals surface area contributed by atoms with E-state index in [-0.39, 0.29) is 93.0 Å². The Morgan fingerprint density at radius 2 is 0.348 bits per heavy atom. The van der Waals surface area contributed by atoms with Gasteiger partial charge in [0.15, 0.2) is 0 Å². The quantitative estimate of drug-likeness (QED) is 0.174. The van der Waals surface area contributed by atoms with Gasteiger partial charge in [-0.05, 0) is 0 Å². The van der Waals surface area contributed by atoms with Crippen molar-refractivity contribution in [1.29, 1.82) is 0 Å². The number of carbonyl (C=O) groups is 5. The van der Waals surface area contributed by atoms with Gasteiger partial charge in [-0.1, -0.05) is 0 Å². The number of hydrogen-bond donors (Lipinski definition) is 10. The van der Waals surface area contributed by atoms with E-state index in [4.69, 9.17) is 75.0 Å². The van der Waals surface area contributed by atoms with Crippen molar-refractivity contribution in [3.8, 4) is 0 Å². The van der Waals surface area contributed by atoms with Gasteiger partial charge in [-0.2, -0.15) is 0 Å². The predicted octanol–water partition coefficient (Wildman–Crippen LogP) is -7.54. The summed E-state index contributed by atoms with van der Waals surface area (Å²) in [4.78, 5) is 42.8. The van der Waals surface area contributed by atoms with Crippen molar-refractivity contribution >= 4 is 30.8 Å². The van der Waals surface area contributed by atoms with Crippen LogP contribution in [0.2, 0.25) is 0 Å². The van der Waals surface area contributed by atoms with Gasteiger partial charge >= 0.3 is 119 Å². The second-order valence-electron chi connectivity index (χ2n) is 1.41. The molecular weight excluding hydrogens is 369 g/mol. The molecule has 0 aliphatic carbocycles. The van der Waals surface area contributed by atoms with Gasteiger partial charge in [-0.25, -0.2) is 24.0 Å². The molecule has 0 saturated heterocycles. The summed E-state index contributed by atoms with van der Waals surface area (Å²) in [7, 11) is 0. The Labute approximate surface area is 197 Å². The first-order chi connectivity index (χ1) is 8.66. The van der Waals surface area contributed by atoms with E-state index in [9.17, 15) is 0 Å². The summed E-state index contributed by atoms with van der Waals surface area (Å²) in [5.74, 6) is 0. The van der Waals surface area contributed by atoms with Crippen LogP contribution in [0, 0.1) is 0 Å². The molecule has 0 atom stereocenters. The molecule has 0 unspecified atom stereocenters. The topological polar surface area (TPSA) is 288 Å². The molecule has 0 radical (unpaired) electrons. The van der Waals surface area contributed by atoms with Crippen LogP contribution < -0.4 is 88.7 Å². The third-order valence-electron chi connectivity index (χ3n) is 0. The van der Waals surface area contributed by atoms with Crippen LogP contribution in [0.25, 0.3) is 0 Å². The first-order valence-electron chi connectivity index (χ1n) is 3.26. The Bertz CT molecular complexity index is 227. The van der Waals surface area contributed by atoms with E-state index >= 15 is 0 Å². The smallest absolute Gasteiger partial charge is 1.00 e. The molecule has 0 aliphatic rings.